The predicted molar refractivity (Wildman–Crippen MR) is 71.5 cm³/mol. The summed E-state index contributed by atoms with van der Waals surface area (Å²) in [6, 6.07) is 1.78. The second kappa shape index (κ2) is 7.32. The molecule has 1 aromatic rings. The lowest BCUT2D eigenvalue weighted by molar-refractivity contribution is -0.131. The van der Waals surface area contributed by atoms with Crippen LogP contribution >= 0.6 is 11.3 Å². The Morgan fingerprint density at radius 1 is 1.37 bits per heavy atom. The van der Waals surface area contributed by atoms with Gasteiger partial charge in [0.2, 0.25) is 11.8 Å². The molecule has 0 saturated carbocycles. The third-order valence-electron chi connectivity index (χ3n) is 2.13. The molecule has 0 aromatic carbocycles. The molecule has 7 heteroatoms. The number of carbonyl (C=O) groups excluding carboxylic acids is 2. The molecular weight excluding hydrogens is 268 g/mol. The SMILES string of the molecule is CC(=O)NCC(=O)NCc1sccc1C=CC(=O)O. The summed E-state index contributed by atoms with van der Waals surface area (Å²) in [6.07, 6.45) is 2.53. The third-order valence-corrected chi connectivity index (χ3v) is 3.07. The number of hydrogen-bond acceptors (Lipinski definition) is 4. The van der Waals surface area contributed by atoms with Crippen LogP contribution in [-0.4, -0.2) is 29.4 Å². The van der Waals surface area contributed by atoms with Gasteiger partial charge in [-0.15, -0.1) is 11.3 Å². The molecule has 0 aliphatic rings. The number of nitrogens with one attached hydrogen (secondary N) is 2. The molecule has 0 spiro atoms. The largest absolute Gasteiger partial charge is 0.478 e. The topological polar surface area (TPSA) is 95.5 Å². The van der Waals surface area contributed by atoms with Crippen LogP contribution in [0.5, 0.6) is 0 Å². The summed E-state index contributed by atoms with van der Waals surface area (Å²) >= 11 is 1.42. The quantitative estimate of drug-likeness (QED) is 0.666. The Bertz CT molecular complexity index is 508. The molecule has 0 bridgehead atoms. The maximum atomic E-state index is 11.4. The lowest BCUT2D eigenvalue weighted by atomic mass is 10.2. The average molecular weight is 282 g/mol. The van der Waals surface area contributed by atoms with E-state index in [1.165, 1.54) is 24.3 Å². The van der Waals surface area contributed by atoms with Crippen molar-refractivity contribution < 1.29 is 19.5 Å². The highest BCUT2D eigenvalue weighted by molar-refractivity contribution is 7.10. The second-order valence-electron chi connectivity index (χ2n) is 3.66. The van der Waals surface area contributed by atoms with Crippen molar-refractivity contribution in [1.29, 1.82) is 0 Å². The van der Waals surface area contributed by atoms with E-state index in [4.69, 9.17) is 5.11 Å². The normalized spacial score (nSPS) is 10.4. The molecule has 0 aliphatic carbocycles. The standard InChI is InChI=1S/C12H14N2O4S/c1-8(15)13-7-11(16)14-6-10-9(4-5-19-10)2-3-12(17)18/h2-5H,6-7H2,1H3,(H,13,15)(H,14,16)(H,17,18). The minimum Gasteiger partial charge on any atom is -0.478 e. The van der Waals surface area contributed by atoms with E-state index in [0.29, 0.717) is 6.54 Å². The first-order chi connectivity index (χ1) is 8.99. The van der Waals surface area contributed by atoms with Gasteiger partial charge in [0.1, 0.15) is 0 Å². The molecule has 0 atom stereocenters. The van der Waals surface area contributed by atoms with Crippen LogP contribution < -0.4 is 10.6 Å². The van der Waals surface area contributed by atoms with Gasteiger partial charge >= 0.3 is 5.97 Å². The summed E-state index contributed by atoms with van der Waals surface area (Å²) < 4.78 is 0. The van der Waals surface area contributed by atoms with E-state index in [-0.39, 0.29) is 18.4 Å². The zero-order valence-corrected chi connectivity index (χ0v) is 11.1. The van der Waals surface area contributed by atoms with E-state index < -0.39 is 5.97 Å². The van der Waals surface area contributed by atoms with Crippen LogP contribution in [0.25, 0.3) is 6.08 Å². The van der Waals surface area contributed by atoms with Crippen molar-refractivity contribution in [3.63, 3.8) is 0 Å². The van der Waals surface area contributed by atoms with Gasteiger partial charge < -0.3 is 15.7 Å². The summed E-state index contributed by atoms with van der Waals surface area (Å²) in [5.74, 6) is -1.58. The molecule has 3 N–H and O–H groups in total. The van der Waals surface area contributed by atoms with Crippen LogP contribution in [0.2, 0.25) is 0 Å². The first-order valence-electron chi connectivity index (χ1n) is 5.47. The van der Waals surface area contributed by atoms with Gasteiger partial charge in [0.05, 0.1) is 13.1 Å². The molecule has 6 nitrogen and oxygen atoms in total. The molecule has 0 unspecified atom stereocenters. The molecule has 0 aliphatic heterocycles. The monoisotopic (exact) mass is 282 g/mol. The maximum Gasteiger partial charge on any atom is 0.328 e. The van der Waals surface area contributed by atoms with Gasteiger partial charge in [0.15, 0.2) is 0 Å². The molecule has 0 fully saturated rings. The Balaban J connectivity index is 2.49. The Kier molecular flexibility index (Phi) is 5.74. The second-order valence-corrected chi connectivity index (χ2v) is 4.66. The van der Waals surface area contributed by atoms with Crippen molar-refractivity contribution in [2.45, 2.75) is 13.5 Å². The van der Waals surface area contributed by atoms with Gasteiger partial charge in [0.25, 0.3) is 0 Å². The summed E-state index contributed by atoms with van der Waals surface area (Å²) in [6.45, 7) is 1.57. The predicted octanol–water partition coefficient (Wildman–Crippen LogP) is 0.598. The average Bonchev–Trinajstić information content (AvgIpc) is 2.78. The zero-order valence-electron chi connectivity index (χ0n) is 10.3. The number of carboxylic acid groups (broad SMARTS) is 1. The number of carboxylic acids is 1. The highest BCUT2D eigenvalue weighted by atomic mass is 32.1. The Labute approximate surface area is 114 Å². The summed E-state index contributed by atoms with van der Waals surface area (Å²) in [5.41, 5.74) is 0.757. The fourth-order valence-electron chi connectivity index (χ4n) is 1.25. The number of rotatable bonds is 6. The van der Waals surface area contributed by atoms with E-state index in [9.17, 15) is 14.4 Å². The van der Waals surface area contributed by atoms with Gasteiger partial charge in [-0.1, -0.05) is 0 Å². The highest BCUT2D eigenvalue weighted by Crippen LogP contribution is 2.17. The van der Waals surface area contributed by atoms with Gasteiger partial charge in [0, 0.05) is 17.9 Å². The first kappa shape index (κ1) is 14.9. The molecule has 2 amide bonds. The van der Waals surface area contributed by atoms with Crippen LogP contribution in [0.4, 0.5) is 0 Å². The van der Waals surface area contributed by atoms with Crippen molar-refractivity contribution in [1.82, 2.24) is 10.6 Å². The number of amides is 2. The number of thiophene rings is 1. The molecule has 0 saturated heterocycles. The summed E-state index contributed by atoms with van der Waals surface area (Å²) in [7, 11) is 0. The molecular formula is C12H14N2O4S. The van der Waals surface area contributed by atoms with Crippen LogP contribution in [0, 0.1) is 0 Å². The zero-order chi connectivity index (χ0) is 14.3. The smallest absolute Gasteiger partial charge is 0.328 e. The maximum absolute atomic E-state index is 11.4. The van der Waals surface area contributed by atoms with E-state index in [1.807, 2.05) is 5.38 Å². The number of carbonyl (C=O) groups is 3. The fraction of sp³-hybridized carbons (Fsp3) is 0.250. The molecule has 1 aromatic heterocycles. The minimum absolute atomic E-state index is 0.0684. The molecule has 1 heterocycles. The van der Waals surface area contributed by atoms with E-state index in [2.05, 4.69) is 10.6 Å². The van der Waals surface area contributed by atoms with Gasteiger partial charge in [-0.05, 0) is 23.1 Å². The summed E-state index contributed by atoms with van der Waals surface area (Å²) in [5, 5.41) is 15.4. The van der Waals surface area contributed by atoms with Gasteiger partial charge in [-0.25, -0.2) is 4.79 Å². The van der Waals surface area contributed by atoms with Crippen LogP contribution in [-0.2, 0) is 20.9 Å². The molecule has 0 radical (unpaired) electrons. The Morgan fingerprint density at radius 2 is 2.11 bits per heavy atom. The van der Waals surface area contributed by atoms with Crippen LogP contribution in [0.15, 0.2) is 17.5 Å². The van der Waals surface area contributed by atoms with Crippen molar-refractivity contribution in [3.8, 4) is 0 Å². The number of hydrogen-bond donors (Lipinski definition) is 3. The van der Waals surface area contributed by atoms with Crippen molar-refractivity contribution in [3.05, 3.63) is 28.0 Å². The Morgan fingerprint density at radius 3 is 2.74 bits per heavy atom. The van der Waals surface area contributed by atoms with Gasteiger partial charge in [-0.3, -0.25) is 9.59 Å². The van der Waals surface area contributed by atoms with Gasteiger partial charge in [-0.2, -0.15) is 0 Å². The van der Waals surface area contributed by atoms with Crippen molar-refractivity contribution in [2.24, 2.45) is 0 Å². The molecule has 102 valence electrons. The minimum atomic E-state index is -1.02. The lowest BCUT2D eigenvalue weighted by Gasteiger charge is -2.05. The van der Waals surface area contributed by atoms with Crippen LogP contribution in [0.3, 0.4) is 0 Å². The molecule has 1 rings (SSSR count). The van der Waals surface area contributed by atoms with Crippen molar-refractivity contribution >= 4 is 35.2 Å². The number of aliphatic carboxylic acids is 1. The Hall–Kier alpha value is -2.15. The fourth-order valence-corrected chi connectivity index (χ4v) is 2.06. The first-order valence-corrected chi connectivity index (χ1v) is 6.35. The molecule has 19 heavy (non-hydrogen) atoms. The van der Waals surface area contributed by atoms with E-state index in [0.717, 1.165) is 16.5 Å². The van der Waals surface area contributed by atoms with Crippen molar-refractivity contribution in [2.75, 3.05) is 6.54 Å². The van der Waals surface area contributed by atoms with Crippen LogP contribution in [0.1, 0.15) is 17.4 Å². The summed E-state index contributed by atoms with van der Waals surface area (Å²) in [4.78, 5) is 33.3. The lowest BCUT2D eigenvalue weighted by Crippen LogP contribution is -2.35. The van der Waals surface area contributed by atoms with E-state index >= 15 is 0 Å². The highest BCUT2D eigenvalue weighted by Gasteiger charge is 2.05. The van der Waals surface area contributed by atoms with E-state index in [1.54, 1.807) is 6.07 Å². The third kappa shape index (κ3) is 5.82.